The minimum absolute atomic E-state index is 0.195. The van der Waals surface area contributed by atoms with E-state index in [2.05, 4.69) is 0 Å². The lowest BCUT2D eigenvalue weighted by molar-refractivity contribution is -0.133. The van der Waals surface area contributed by atoms with Crippen molar-refractivity contribution in [2.75, 3.05) is 0 Å². The number of rotatable bonds is 3. The molecule has 0 aliphatic carbocycles. The van der Waals surface area contributed by atoms with Gasteiger partial charge >= 0.3 is 11.9 Å². The Morgan fingerprint density at radius 1 is 0.905 bits per heavy atom. The second-order valence-electron chi connectivity index (χ2n) is 4.33. The molecule has 0 bridgehead atoms. The molecule has 0 heterocycles. The maximum Gasteiger partial charge on any atom is 0.308 e. The van der Waals surface area contributed by atoms with Crippen LogP contribution in [0.25, 0.3) is 11.1 Å². The molecule has 0 radical (unpaired) electrons. The summed E-state index contributed by atoms with van der Waals surface area (Å²) < 4.78 is 10.2. The van der Waals surface area contributed by atoms with Gasteiger partial charge in [0.1, 0.15) is 11.5 Å². The van der Waals surface area contributed by atoms with Crippen LogP contribution in [0.5, 0.6) is 11.5 Å². The fourth-order valence-electron chi connectivity index (χ4n) is 1.85. The van der Waals surface area contributed by atoms with E-state index < -0.39 is 11.9 Å². The second kappa shape index (κ2) is 6.41. The fraction of sp³-hybridized carbons (Fsp3) is 0.125. The summed E-state index contributed by atoms with van der Waals surface area (Å²) in [6.45, 7) is 2.60. The van der Waals surface area contributed by atoms with Crippen molar-refractivity contribution < 1.29 is 19.1 Å². The fourth-order valence-corrected chi connectivity index (χ4v) is 2.04. The number of esters is 2. The Labute approximate surface area is 127 Å². The maximum absolute atomic E-state index is 11.2. The first-order chi connectivity index (χ1) is 9.97. The highest BCUT2D eigenvalue weighted by Gasteiger charge is 2.15. The Hall–Kier alpha value is -2.33. The summed E-state index contributed by atoms with van der Waals surface area (Å²) in [6.07, 6.45) is 0. The lowest BCUT2D eigenvalue weighted by atomic mass is 10.0. The summed E-state index contributed by atoms with van der Waals surface area (Å²) >= 11 is 6.05. The van der Waals surface area contributed by atoms with Crippen LogP contribution in [0.3, 0.4) is 0 Å². The molecule has 0 N–H and O–H groups in total. The zero-order valence-corrected chi connectivity index (χ0v) is 12.3. The third-order valence-electron chi connectivity index (χ3n) is 2.63. The van der Waals surface area contributed by atoms with E-state index in [1.165, 1.54) is 19.9 Å². The number of carbonyl (C=O) groups is 2. The van der Waals surface area contributed by atoms with Crippen molar-refractivity contribution >= 4 is 23.5 Å². The van der Waals surface area contributed by atoms with Crippen LogP contribution in [-0.2, 0) is 9.59 Å². The molecule has 108 valence electrons. The third-order valence-corrected chi connectivity index (χ3v) is 2.92. The van der Waals surface area contributed by atoms with Crippen LogP contribution in [-0.4, -0.2) is 11.9 Å². The van der Waals surface area contributed by atoms with Crippen LogP contribution in [0.1, 0.15) is 13.8 Å². The van der Waals surface area contributed by atoms with Crippen molar-refractivity contribution in [2.24, 2.45) is 0 Å². The van der Waals surface area contributed by atoms with E-state index in [4.69, 9.17) is 21.1 Å². The minimum Gasteiger partial charge on any atom is -0.426 e. The second-order valence-corrected chi connectivity index (χ2v) is 4.74. The van der Waals surface area contributed by atoms with Crippen molar-refractivity contribution in [2.45, 2.75) is 13.8 Å². The monoisotopic (exact) mass is 304 g/mol. The Morgan fingerprint density at radius 3 is 2.05 bits per heavy atom. The van der Waals surface area contributed by atoms with Crippen LogP contribution in [0.2, 0.25) is 5.02 Å². The zero-order valence-electron chi connectivity index (χ0n) is 11.6. The van der Waals surface area contributed by atoms with Gasteiger partial charge < -0.3 is 9.47 Å². The molecule has 0 aliphatic rings. The van der Waals surface area contributed by atoms with Gasteiger partial charge in [-0.2, -0.15) is 0 Å². The number of hydrogen-bond donors (Lipinski definition) is 0. The topological polar surface area (TPSA) is 52.6 Å². The van der Waals surface area contributed by atoms with Gasteiger partial charge in [0.05, 0.1) is 5.02 Å². The predicted molar refractivity (Wildman–Crippen MR) is 79.5 cm³/mol. The predicted octanol–water partition coefficient (Wildman–Crippen LogP) is 3.86. The van der Waals surface area contributed by atoms with E-state index in [-0.39, 0.29) is 10.8 Å². The quantitative estimate of drug-likeness (QED) is 0.638. The van der Waals surface area contributed by atoms with Crippen LogP contribution >= 0.6 is 11.6 Å². The molecule has 0 amide bonds. The highest BCUT2D eigenvalue weighted by atomic mass is 35.5. The molecule has 2 aromatic rings. The zero-order chi connectivity index (χ0) is 15.4. The molecule has 4 nitrogen and oxygen atoms in total. The van der Waals surface area contributed by atoms with Crippen LogP contribution in [0.15, 0.2) is 42.5 Å². The SMILES string of the molecule is CC(=O)Oc1cc(-c2ccccc2)c(OC(C)=O)cc1Cl. The minimum atomic E-state index is -0.476. The van der Waals surface area contributed by atoms with E-state index in [1.54, 1.807) is 6.07 Å². The lowest BCUT2D eigenvalue weighted by Crippen LogP contribution is -2.05. The normalized spacial score (nSPS) is 10.0. The van der Waals surface area contributed by atoms with Gasteiger partial charge in [-0.05, 0) is 11.6 Å². The molecule has 0 fully saturated rings. The van der Waals surface area contributed by atoms with E-state index in [0.29, 0.717) is 11.3 Å². The first-order valence-electron chi connectivity index (χ1n) is 6.23. The Morgan fingerprint density at radius 2 is 1.48 bits per heavy atom. The van der Waals surface area contributed by atoms with Crippen molar-refractivity contribution in [3.05, 3.63) is 47.5 Å². The van der Waals surface area contributed by atoms with E-state index in [1.807, 2.05) is 30.3 Å². The summed E-state index contributed by atoms with van der Waals surface area (Å²) in [5.74, 6) is -0.395. The van der Waals surface area contributed by atoms with E-state index >= 15 is 0 Å². The molecule has 0 atom stereocenters. The molecule has 0 aromatic heterocycles. The molecule has 0 saturated heterocycles. The van der Waals surface area contributed by atoms with Gasteiger partial charge in [0.15, 0.2) is 0 Å². The Bertz CT molecular complexity index is 680. The van der Waals surface area contributed by atoms with Gasteiger partial charge in [0, 0.05) is 25.5 Å². The maximum atomic E-state index is 11.2. The Balaban J connectivity index is 2.57. The number of hydrogen-bond acceptors (Lipinski definition) is 4. The molecular weight excluding hydrogens is 292 g/mol. The van der Waals surface area contributed by atoms with Crippen molar-refractivity contribution in [3.8, 4) is 22.6 Å². The molecule has 21 heavy (non-hydrogen) atoms. The van der Waals surface area contributed by atoms with Crippen LogP contribution in [0, 0.1) is 0 Å². The number of benzene rings is 2. The van der Waals surface area contributed by atoms with Gasteiger partial charge in [-0.25, -0.2) is 0 Å². The number of halogens is 1. The third kappa shape index (κ3) is 3.83. The molecule has 0 spiro atoms. The molecule has 0 saturated carbocycles. The van der Waals surface area contributed by atoms with Gasteiger partial charge in [0.2, 0.25) is 0 Å². The van der Waals surface area contributed by atoms with Gasteiger partial charge in [-0.3, -0.25) is 9.59 Å². The molecule has 5 heteroatoms. The van der Waals surface area contributed by atoms with Crippen molar-refractivity contribution in [1.82, 2.24) is 0 Å². The van der Waals surface area contributed by atoms with Crippen LogP contribution < -0.4 is 9.47 Å². The summed E-state index contributed by atoms with van der Waals surface area (Å²) in [6, 6.07) is 12.3. The van der Waals surface area contributed by atoms with Gasteiger partial charge in [-0.1, -0.05) is 41.9 Å². The highest BCUT2D eigenvalue weighted by molar-refractivity contribution is 6.32. The summed E-state index contributed by atoms with van der Waals surface area (Å²) in [7, 11) is 0. The van der Waals surface area contributed by atoms with E-state index in [9.17, 15) is 9.59 Å². The molecular formula is C16H13ClO4. The Kier molecular flexibility index (Phi) is 4.60. The molecule has 2 aromatic carbocycles. The van der Waals surface area contributed by atoms with Crippen molar-refractivity contribution in [1.29, 1.82) is 0 Å². The first kappa shape index (κ1) is 15.1. The average molecular weight is 305 g/mol. The summed E-state index contributed by atoms with van der Waals surface area (Å²) in [4.78, 5) is 22.3. The molecule has 0 aliphatic heterocycles. The first-order valence-corrected chi connectivity index (χ1v) is 6.61. The number of ether oxygens (including phenoxy) is 2. The van der Waals surface area contributed by atoms with Gasteiger partial charge in [-0.15, -0.1) is 0 Å². The molecule has 0 unspecified atom stereocenters. The van der Waals surface area contributed by atoms with Crippen LogP contribution in [0.4, 0.5) is 0 Å². The summed E-state index contributed by atoms with van der Waals surface area (Å²) in [5, 5.41) is 0.195. The van der Waals surface area contributed by atoms with Crippen molar-refractivity contribution in [3.63, 3.8) is 0 Å². The van der Waals surface area contributed by atoms with Gasteiger partial charge in [0.25, 0.3) is 0 Å². The largest absolute Gasteiger partial charge is 0.426 e. The standard InChI is InChI=1S/C16H13ClO4/c1-10(18)20-15-9-14(17)16(21-11(2)19)8-13(15)12-6-4-3-5-7-12/h3-9H,1-2H3. The smallest absolute Gasteiger partial charge is 0.308 e. The highest BCUT2D eigenvalue weighted by Crippen LogP contribution is 2.38. The average Bonchev–Trinajstić information content (AvgIpc) is 2.41. The summed E-state index contributed by atoms with van der Waals surface area (Å²) in [5.41, 5.74) is 1.44. The lowest BCUT2D eigenvalue weighted by Gasteiger charge is -2.13. The molecule has 2 rings (SSSR count). The van der Waals surface area contributed by atoms with E-state index in [0.717, 1.165) is 5.56 Å². The number of carbonyl (C=O) groups excluding carboxylic acids is 2.